The van der Waals surface area contributed by atoms with E-state index in [0.29, 0.717) is 57.1 Å². The number of carbonyl (C=O) groups is 2. The molecule has 1 aliphatic rings. The van der Waals surface area contributed by atoms with Crippen molar-refractivity contribution < 1.29 is 19.1 Å². The molecule has 1 atom stereocenters. The van der Waals surface area contributed by atoms with Crippen molar-refractivity contribution in [2.75, 3.05) is 19.7 Å². The van der Waals surface area contributed by atoms with Gasteiger partial charge in [-0.15, -0.1) is 5.10 Å². The lowest BCUT2D eigenvalue weighted by molar-refractivity contribution is -0.122. The third-order valence-electron chi connectivity index (χ3n) is 7.28. The number of hydrogen-bond donors (Lipinski definition) is 2. The van der Waals surface area contributed by atoms with Gasteiger partial charge in [0.25, 0.3) is 5.91 Å². The average Bonchev–Trinajstić information content (AvgIpc) is 3.48. The normalized spacial score (nSPS) is 17.2. The van der Waals surface area contributed by atoms with Crippen molar-refractivity contribution in [3.05, 3.63) is 101 Å². The summed E-state index contributed by atoms with van der Waals surface area (Å²) in [4.78, 5) is 32.4. The summed E-state index contributed by atoms with van der Waals surface area (Å²) in [5.74, 6) is 0.696. The van der Waals surface area contributed by atoms with Crippen LogP contribution >= 0.6 is 0 Å². The number of aryl methyl sites for hydroxylation is 2. The number of carbonyl (C=O) groups excluding carboxylic acids is 2. The van der Waals surface area contributed by atoms with E-state index >= 15 is 0 Å². The second kappa shape index (κ2) is 15.1. The molecule has 230 valence electrons. The van der Waals surface area contributed by atoms with E-state index in [0.717, 1.165) is 41.2 Å². The van der Waals surface area contributed by atoms with E-state index < -0.39 is 6.04 Å². The third kappa shape index (κ3) is 8.87. The van der Waals surface area contributed by atoms with E-state index in [2.05, 4.69) is 43.0 Å². The zero-order chi connectivity index (χ0) is 30.7. The summed E-state index contributed by atoms with van der Waals surface area (Å²) >= 11 is 0. The first-order valence-corrected chi connectivity index (χ1v) is 15.0. The molecule has 1 aliphatic heterocycles. The smallest absolute Gasteiger partial charge is 0.255 e. The van der Waals surface area contributed by atoms with Gasteiger partial charge in [0.2, 0.25) is 5.91 Å². The predicted octanol–water partition coefficient (Wildman–Crippen LogP) is 3.67. The van der Waals surface area contributed by atoms with Gasteiger partial charge in [0.05, 0.1) is 23.6 Å². The van der Waals surface area contributed by atoms with Crippen LogP contribution in [0.25, 0.3) is 0 Å². The zero-order valence-electron chi connectivity index (χ0n) is 25.2. The number of fused-ring (bicyclic) bond motifs is 3. The fraction of sp³-hybridized carbons (Fsp3) is 0.364. The Morgan fingerprint density at radius 1 is 1.05 bits per heavy atom. The summed E-state index contributed by atoms with van der Waals surface area (Å²) in [5, 5.41) is 14.5. The number of amides is 2. The fourth-order valence-corrected chi connectivity index (χ4v) is 4.91. The maximum absolute atomic E-state index is 13.0. The van der Waals surface area contributed by atoms with Crippen LogP contribution in [0.1, 0.15) is 52.6 Å². The van der Waals surface area contributed by atoms with Crippen molar-refractivity contribution in [2.45, 2.75) is 59.0 Å². The second-order valence-electron chi connectivity index (χ2n) is 11.0. The molecule has 0 unspecified atom stereocenters. The van der Waals surface area contributed by atoms with Crippen molar-refractivity contribution >= 4 is 11.8 Å². The van der Waals surface area contributed by atoms with Crippen molar-refractivity contribution in [3.63, 3.8) is 0 Å². The number of hydrogen-bond acceptors (Lipinski definition) is 8. The Hall–Kier alpha value is -4.77. The predicted molar refractivity (Wildman–Crippen MR) is 165 cm³/mol. The molecular formula is C33H39N7O4. The Balaban J connectivity index is 1.24. The number of nitrogens with zero attached hydrogens (tertiary/aromatic N) is 5. The molecule has 0 fully saturated rings. The molecule has 2 aromatic carbocycles. The first kappa shape index (κ1) is 30.7. The highest BCUT2D eigenvalue weighted by molar-refractivity contribution is 5.99. The number of ether oxygens (including phenoxy) is 2. The SMILES string of the molecule is Cc1ccc2c(c1)OCCCn1cc(nn1)CN(Cc1ccc(OCc3ccccn3)cc1)CCCNC(=O)[C@@H](C)NC2=O. The Kier molecular flexibility index (Phi) is 10.5. The van der Waals surface area contributed by atoms with E-state index in [-0.39, 0.29) is 11.8 Å². The number of pyridine rings is 1. The Labute approximate surface area is 257 Å². The van der Waals surface area contributed by atoms with Gasteiger partial charge in [0, 0.05) is 51.5 Å². The minimum Gasteiger partial charge on any atom is -0.493 e. The van der Waals surface area contributed by atoms with Gasteiger partial charge in [-0.1, -0.05) is 29.5 Å². The molecule has 11 heteroatoms. The van der Waals surface area contributed by atoms with Crippen LogP contribution in [0.5, 0.6) is 11.5 Å². The van der Waals surface area contributed by atoms with Crippen LogP contribution in [0.4, 0.5) is 0 Å². The molecule has 0 radical (unpaired) electrons. The molecule has 0 spiro atoms. The van der Waals surface area contributed by atoms with E-state index in [1.807, 2.05) is 60.3 Å². The molecule has 5 rings (SSSR count). The van der Waals surface area contributed by atoms with Crippen molar-refractivity contribution in [1.82, 2.24) is 35.5 Å². The van der Waals surface area contributed by atoms with Crippen LogP contribution in [-0.2, 0) is 31.0 Å². The lowest BCUT2D eigenvalue weighted by atomic mass is 10.1. The van der Waals surface area contributed by atoms with Crippen molar-refractivity contribution in [3.8, 4) is 11.5 Å². The maximum atomic E-state index is 13.0. The highest BCUT2D eigenvalue weighted by Crippen LogP contribution is 2.21. The number of rotatable bonds is 5. The van der Waals surface area contributed by atoms with Gasteiger partial charge in [-0.05, 0) is 67.8 Å². The molecule has 0 saturated carbocycles. The third-order valence-corrected chi connectivity index (χ3v) is 7.28. The zero-order valence-corrected chi connectivity index (χ0v) is 25.2. The molecule has 0 aliphatic carbocycles. The largest absolute Gasteiger partial charge is 0.493 e. The minimum atomic E-state index is -0.692. The van der Waals surface area contributed by atoms with Gasteiger partial charge in [0.15, 0.2) is 0 Å². The summed E-state index contributed by atoms with van der Waals surface area (Å²) in [6, 6.07) is 18.6. The van der Waals surface area contributed by atoms with Crippen LogP contribution < -0.4 is 20.1 Å². The fourth-order valence-electron chi connectivity index (χ4n) is 4.91. The van der Waals surface area contributed by atoms with Gasteiger partial charge in [-0.3, -0.25) is 24.2 Å². The van der Waals surface area contributed by atoms with E-state index in [1.54, 1.807) is 19.2 Å². The molecule has 44 heavy (non-hydrogen) atoms. The van der Waals surface area contributed by atoms with E-state index in [4.69, 9.17) is 9.47 Å². The Morgan fingerprint density at radius 3 is 2.73 bits per heavy atom. The average molecular weight is 598 g/mol. The molecule has 4 aromatic rings. The Bertz CT molecular complexity index is 1520. The van der Waals surface area contributed by atoms with E-state index in [1.165, 1.54) is 0 Å². The number of benzene rings is 2. The van der Waals surface area contributed by atoms with Gasteiger partial charge in [-0.25, -0.2) is 0 Å². The summed E-state index contributed by atoms with van der Waals surface area (Å²) in [7, 11) is 0. The summed E-state index contributed by atoms with van der Waals surface area (Å²) in [5.41, 5.74) is 4.26. The highest BCUT2D eigenvalue weighted by Gasteiger charge is 2.20. The highest BCUT2D eigenvalue weighted by atomic mass is 16.5. The molecular weight excluding hydrogens is 558 g/mol. The molecule has 2 bridgehead atoms. The van der Waals surface area contributed by atoms with Gasteiger partial charge < -0.3 is 20.1 Å². The molecule has 2 aromatic heterocycles. The molecule has 2 N–H and O–H groups in total. The molecule has 3 heterocycles. The van der Waals surface area contributed by atoms with Crippen LogP contribution in [0, 0.1) is 6.92 Å². The maximum Gasteiger partial charge on any atom is 0.255 e. The second-order valence-corrected chi connectivity index (χ2v) is 11.0. The standard InChI is InChI=1S/C33H39N7O4/c1-24-8-13-30-31(19-24)43-18-6-17-40-22-28(37-38-40)21-39(16-5-15-35-32(41)25(2)36-33(30)42)20-26-9-11-29(12-10-26)44-23-27-7-3-4-14-34-27/h3-4,7-14,19,22,25H,5-6,15-18,20-21,23H2,1-2H3,(H,35,41)(H,36,42)/t25-/m1/s1. The molecule has 0 saturated heterocycles. The topological polar surface area (TPSA) is 124 Å². The lowest BCUT2D eigenvalue weighted by Crippen LogP contribution is -2.45. The summed E-state index contributed by atoms with van der Waals surface area (Å²) in [6.45, 7) is 7.59. The molecule has 2 amide bonds. The quantitative estimate of drug-likeness (QED) is 0.357. The van der Waals surface area contributed by atoms with Crippen LogP contribution in [0.3, 0.4) is 0 Å². The van der Waals surface area contributed by atoms with Gasteiger partial charge in [0.1, 0.15) is 24.1 Å². The van der Waals surface area contributed by atoms with Crippen LogP contribution in [-0.4, -0.2) is 62.4 Å². The summed E-state index contributed by atoms with van der Waals surface area (Å²) < 4.78 is 13.7. The first-order chi connectivity index (χ1) is 21.4. The lowest BCUT2D eigenvalue weighted by Gasteiger charge is -2.22. The Morgan fingerprint density at radius 2 is 1.91 bits per heavy atom. The van der Waals surface area contributed by atoms with Gasteiger partial charge in [-0.2, -0.15) is 0 Å². The van der Waals surface area contributed by atoms with Crippen LogP contribution in [0.15, 0.2) is 73.1 Å². The van der Waals surface area contributed by atoms with Crippen molar-refractivity contribution in [1.29, 1.82) is 0 Å². The number of nitrogens with one attached hydrogen (secondary N) is 2. The van der Waals surface area contributed by atoms with Gasteiger partial charge >= 0.3 is 0 Å². The van der Waals surface area contributed by atoms with E-state index in [9.17, 15) is 9.59 Å². The van der Waals surface area contributed by atoms with Crippen molar-refractivity contribution in [2.24, 2.45) is 0 Å². The monoisotopic (exact) mass is 597 g/mol. The summed E-state index contributed by atoms with van der Waals surface area (Å²) in [6.07, 6.45) is 5.13. The minimum absolute atomic E-state index is 0.235. The molecule has 11 nitrogen and oxygen atoms in total. The number of aromatic nitrogens is 4. The van der Waals surface area contributed by atoms with Crippen LogP contribution in [0.2, 0.25) is 0 Å². The first-order valence-electron chi connectivity index (χ1n) is 15.0.